The molecule has 5 heteroatoms. The number of benzene rings is 1. The van der Waals surface area contributed by atoms with Crippen molar-refractivity contribution in [3.05, 3.63) is 27.3 Å². The number of hydrogen-bond acceptors (Lipinski definition) is 3. The lowest BCUT2D eigenvalue weighted by molar-refractivity contribution is 0.0587. The van der Waals surface area contributed by atoms with E-state index in [0.717, 1.165) is 23.0 Å². The zero-order valence-corrected chi connectivity index (χ0v) is 12.4. The number of likely N-dealkylation sites (N-methyl/N-ethyl adjacent to an activating group) is 1. The van der Waals surface area contributed by atoms with Gasteiger partial charge >= 0.3 is 0 Å². The number of nitrogens with zero attached hydrogens (tertiary/aromatic N) is 1. The predicted octanol–water partition coefficient (Wildman–Crippen LogP) is 2.25. The van der Waals surface area contributed by atoms with Crippen molar-refractivity contribution in [3.63, 3.8) is 0 Å². The fourth-order valence-corrected chi connectivity index (χ4v) is 2.38. The molecule has 18 heavy (non-hydrogen) atoms. The molecule has 0 spiro atoms. The summed E-state index contributed by atoms with van der Waals surface area (Å²) in [6.07, 6.45) is 2.23. The lowest BCUT2D eigenvalue weighted by Crippen LogP contribution is -2.34. The van der Waals surface area contributed by atoms with Crippen LogP contribution in [-0.4, -0.2) is 42.2 Å². The van der Waals surface area contributed by atoms with Crippen molar-refractivity contribution < 1.29 is 14.6 Å². The van der Waals surface area contributed by atoms with Crippen LogP contribution in [-0.2, 0) is 4.74 Å². The van der Waals surface area contributed by atoms with Gasteiger partial charge in [0.2, 0.25) is 0 Å². The van der Waals surface area contributed by atoms with Crippen molar-refractivity contribution in [2.24, 2.45) is 0 Å². The van der Waals surface area contributed by atoms with Crippen molar-refractivity contribution in [1.82, 2.24) is 4.90 Å². The maximum atomic E-state index is 12.2. The third kappa shape index (κ3) is 3.14. The molecule has 0 aromatic heterocycles. The second kappa shape index (κ2) is 5.88. The van der Waals surface area contributed by atoms with Crippen LogP contribution in [0.1, 0.15) is 23.2 Å². The molecule has 1 aromatic carbocycles. The molecule has 1 amide bonds. The average Bonchev–Trinajstić information content (AvgIpc) is 2.84. The SMILES string of the molecule is CN(CC1CCCO1)C(=O)c1ccc(I)c(O)c1. The van der Waals surface area contributed by atoms with Crippen LogP contribution in [0.25, 0.3) is 0 Å². The number of carbonyl (C=O) groups is 1. The minimum Gasteiger partial charge on any atom is -0.507 e. The Bertz CT molecular complexity index is 444. The van der Waals surface area contributed by atoms with E-state index in [1.54, 1.807) is 24.1 Å². The van der Waals surface area contributed by atoms with E-state index < -0.39 is 0 Å². The highest BCUT2D eigenvalue weighted by Crippen LogP contribution is 2.21. The normalized spacial score (nSPS) is 18.9. The summed E-state index contributed by atoms with van der Waals surface area (Å²) in [6, 6.07) is 4.98. The van der Waals surface area contributed by atoms with E-state index in [1.807, 2.05) is 22.6 Å². The summed E-state index contributed by atoms with van der Waals surface area (Å²) in [5.41, 5.74) is 0.508. The van der Waals surface area contributed by atoms with E-state index in [0.29, 0.717) is 12.1 Å². The van der Waals surface area contributed by atoms with Gasteiger partial charge in [-0.2, -0.15) is 0 Å². The summed E-state index contributed by atoms with van der Waals surface area (Å²) in [7, 11) is 1.76. The van der Waals surface area contributed by atoms with Crippen LogP contribution in [0.3, 0.4) is 0 Å². The Morgan fingerprint density at radius 1 is 1.61 bits per heavy atom. The van der Waals surface area contributed by atoms with E-state index in [9.17, 15) is 9.90 Å². The highest BCUT2D eigenvalue weighted by atomic mass is 127. The van der Waals surface area contributed by atoms with Crippen LogP contribution >= 0.6 is 22.6 Å². The average molecular weight is 361 g/mol. The molecule has 1 aliphatic rings. The number of hydrogen-bond donors (Lipinski definition) is 1. The lowest BCUT2D eigenvalue weighted by atomic mass is 10.1. The number of phenols is 1. The van der Waals surface area contributed by atoms with Crippen molar-refractivity contribution in [3.8, 4) is 5.75 Å². The van der Waals surface area contributed by atoms with Gasteiger partial charge in [0, 0.05) is 25.8 Å². The number of aromatic hydroxyl groups is 1. The molecule has 0 saturated carbocycles. The molecule has 2 rings (SSSR count). The summed E-state index contributed by atoms with van der Waals surface area (Å²) in [6.45, 7) is 1.39. The third-order valence-electron chi connectivity index (χ3n) is 3.04. The lowest BCUT2D eigenvalue weighted by Gasteiger charge is -2.21. The number of carbonyl (C=O) groups excluding carboxylic acids is 1. The van der Waals surface area contributed by atoms with Gasteiger partial charge in [-0.1, -0.05) is 0 Å². The molecule has 98 valence electrons. The first-order valence-corrected chi connectivity index (χ1v) is 7.01. The van der Waals surface area contributed by atoms with Crippen LogP contribution < -0.4 is 0 Å². The zero-order chi connectivity index (χ0) is 13.1. The molecular formula is C13H16INO3. The molecule has 1 fully saturated rings. The quantitative estimate of drug-likeness (QED) is 0.841. The van der Waals surface area contributed by atoms with Crippen molar-refractivity contribution >= 4 is 28.5 Å². The molecule has 1 heterocycles. The van der Waals surface area contributed by atoms with Gasteiger partial charge in [-0.15, -0.1) is 0 Å². The maximum absolute atomic E-state index is 12.2. The first-order chi connectivity index (χ1) is 8.58. The summed E-state index contributed by atoms with van der Waals surface area (Å²) < 4.78 is 6.25. The van der Waals surface area contributed by atoms with Crippen molar-refractivity contribution in [1.29, 1.82) is 0 Å². The minimum absolute atomic E-state index is 0.0859. The van der Waals surface area contributed by atoms with E-state index >= 15 is 0 Å². The topological polar surface area (TPSA) is 49.8 Å². The van der Waals surface area contributed by atoms with Crippen LogP contribution in [0.5, 0.6) is 5.75 Å². The Kier molecular flexibility index (Phi) is 4.45. The molecule has 1 aliphatic heterocycles. The fourth-order valence-electron chi connectivity index (χ4n) is 2.04. The Morgan fingerprint density at radius 3 is 3.00 bits per heavy atom. The first kappa shape index (κ1) is 13.6. The molecule has 1 atom stereocenters. The van der Waals surface area contributed by atoms with Gasteiger partial charge < -0.3 is 14.7 Å². The Morgan fingerprint density at radius 2 is 2.39 bits per heavy atom. The van der Waals surface area contributed by atoms with E-state index in [4.69, 9.17) is 4.74 Å². The summed E-state index contributed by atoms with van der Waals surface area (Å²) in [5.74, 6) is 0.0594. The molecule has 1 unspecified atom stereocenters. The van der Waals surface area contributed by atoms with E-state index in [-0.39, 0.29) is 17.8 Å². The molecular weight excluding hydrogens is 345 g/mol. The van der Waals surface area contributed by atoms with Crippen LogP contribution in [0.2, 0.25) is 0 Å². The minimum atomic E-state index is -0.0859. The molecule has 1 aromatic rings. The first-order valence-electron chi connectivity index (χ1n) is 5.93. The highest BCUT2D eigenvalue weighted by molar-refractivity contribution is 14.1. The van der Waals surface area contributed by atoms with E-state index in [2.05, 4.69) is 0 Å². The number of phenolic OH excluding ortho intramolecular Hbond substituents is 1. The third-order valence-corrected chi connectivity index (χ3v) is 3.95. The maximum Gasteiger partial charge on any atom is 0.253 e. The zero-order valence-electron chi connectivity index (χ0n) is 10.2. The van der Waals surface area contributed by atoms with Crippen LogP contribution in [0.15, 0.2) is 18.2 Å². The fraction of sp³-hybridized carbons (Fsp3) is 0.462. The standard InChI is InChI=1S/C13H16INO3/c1-15(8-10-3-2-6-18-10)13(17)9-4-5-11(14)12(16)7-9/h4-5,7,10,16H,2-3,6,8H2,1H3. The number of rotatable bonds is 3. The van der Waals surface area contributed by atoms with Gasteiger partial charge in [-0.25, -0.2) is 0 Å². The molecule has 1 N–H and O–H groups in total. The molecule has 0 radical (unpaired) electrons. The molecule has 4 nitrogen and oxygen atoms in total. The van der Waals surface area contributed by atoms with E-state index in [1.165, 1.54) is 6.07 Å². The molecule has 0 aliphatic carbocycles. The molecule has 1 saturated heterocycles. The van der Waals surface area contributed by atoms with Gasteiger partial charge in [-0.05, 0) is 53.6 Å². The largest absolute Gasteiger partial charge is 0.507 e. The van der Waals surface area contributed by atoms with Gasteiger partial charge in [0.25, 0.3) is 5.91 Å². The highest BCUT2D eigenvalue weighted by Gasteiger charge is 2.21. The van der Waals surface area contributed by atoms with Gasteiger partial charge in [0.15, 0.2) is 0 Å². The molecule has 0 bridgehead atoms. The second-order valence-corrected chi connectivity index (χ2v) is 5.65. The van der Waals surface area contributed by atoms with Crippen LogP contribution in [0.4, 0.5) is 0 Å². The summed E-state index contributed by atoms with van der Waals surface area (Å²) in [5, 5.41) is 9.61. The van der Waals surface area contributed by atoms with Crippen LogP contribution in [0, 0.1) is 3.57 Å². The Hall–Kier alpha value is -0.820. The van der Waals surface area contributed by atoms with Gasteiger partial charge in [0.1, 0.15) is 5.75 Å². The van der Waals surface area contributed by atoms with Crippen molar-refractivity contribution in [2.75, 3.05) is 20.2 Å². The monoisotopic (exact) mass is 361 g/mol. The number of amides is 1. The summed E-state index contributed by atoms with van der Waals surface area (Å²) >= 11 is 2.03. The smallest absolute Gasteiger partial charge is 0.253 e. The summed E-state index contributed by atoms with van der Waals surface area (Å²) in [4.78, 5) is 13.8. The van der Waals surface area contributed by atoms with Crippen molar-refractivity contribution in [2.45, 2.75) is 18.9 Å². The predicted molar refractivity (Wildman–Crippen MR) is 76.8 cm³/mol. The van der Waals surface area contributed by atoms with Gasteiger partial charge in [0.05, 0.1) is 9.67 Å². The second-order valence-electron chi connectivity index (χ2n) is 4.49. The Labute approximate surface area is 120 Å². The van der Waals surface area contributed by atoms with Gasteiger partial charge in [-0.3, -0.25) is 4.79 Å². The number of halogens is 1. The Balaban J connectivity index is 2.02. The number of ether oxygens (including phenoxy) is 1.